The number of Topliss-reactive ketones (excluding diaryl/α,β-unsaturated/α-hetero) is 1. The van der Waals surface area contributed by atoms with Crippen LogP contribution in [0.5, 0.6) is 0 Å². The summed E-state index contributed by atoms with van der Waals surface area (Å²) in [6.45, 7) is 1.94. The number of nitrogens with one attached hydrogen (secondary N) is 1. The average molecular weight is 440 g/mol. The molecule has 1 fully saturated rings. The Kier molecular flexibility index (Phi) is 5.37. The van der Waals surface area contributed by atoms with E-state index in [1.165, 1.54) is 4.88 Å². The van der Waals surface area contributed by atoms with Crippen LogP contribution in [0.3, 0.4) is 0 Å². The molecule has 0 bridgehead atoms. The van der Waals surface area contributed by atoms with Gasteiger partial charge in [0.2, 0.25) is 0 Å². The molecule has 0 spiro atoms. The van der Waals surface area contributed by atoms with Gasteiger partial charge in [-0.25, -0.2) is 4.79 Å². The summed E-state index contributed by atoms with van der Waals surface area (Å²) >= 11 is 3.30. The summed E-state index contributed by atoms with van der Waals surface area (Å²) in [7, 11) is 0. The standard InChI is InChI=1S/C24H25NO3S2/c1-14-21(24(27)28-16-6-2-3-7-16)23(20-9-5-11-30-20)22-17(25-14)12-15(13-18(22)26)19-8-4-10-29-19/h4-5,8-11,15-16,23,25H,2-3,6-7,12-13H2,1H3/t15-,23+/m1/s1. The van der Waals surface area contributed by atoms with Crippen molar-refractivity contribution in [2.24, 2.45) is 0 Å². The van der Waals surface area contributed by atoms with Crippen LogP contribution >= 0.6 is 22.7 Å². The third-order valence-corrected chi connectivity index (χ3v) is 8.37. The Labute approximate surface area is 184 Å². The molecule has 6 heteroatoms. The summed E-state index contributed by atoms with van der Waals surface area (Å²) < 4.78 is 5.88. The van der Waals surface area contributed by atoms with Crippen LogP contribution in [0.2, 0.25) is 0 Å². The Morgan fingerprint density at radius 1 is 1.07 bits per heavy atom. The van der Waals surface area contributed by atoms with E-state index in [1.807, 2.05) is 30.5 Å². The number of rotatable bonds is 4. The maximum atomic E-state index is 13.4. The number of carbonyl (C=O) groups excluding carboxylic acids is 2. The van der Waals surface area contributed by atoms with E-state index in [2.05, 4.69) is 16.8 Å². The zero-order valence-corrected chi connectivity index (χ0v) is 18.6. The highest BCUT2D eigenvalue weighted by molar-refractivity contribution is 7.10. The molecule has 1 aliphatic heterocycles. The Morgan fingerprint density at radius 2 is 1.77 bits per heavy atom. The highest BCUT2D eigenvalue weighted by Crippen LogP contribution is 2.47. The van der Waals surface area contributed by atoms with Crippen molar-refractivity contribution in [1.82, 2.24) is 5.32 Å². The van der Waals surface area contributed by atoms with Gasteiger partial charge in [0.25, 0.3) is 0 Å². The van der Waals surface area contributed by atoms with E-state index < -0.39 is 0 Å². The zero-order valence-electron chi connectivity index (χ0n) is 17.0. The second-order valence-electron chi connectivity index (χ2n) is 8.36. The van der Waals surface area contributed by atoms with Crippen LogP contribution in [0.25, 0.3) is 0 Å². The fourth-order valence-corrected chi connectivity index (χ4v) is 6.67. The predicted octanol–water partition coefficient (Wildman–Crippen LogP) is 5.66. The summed E-state index contributed by atoms with van der Waals surface area (Å²) in [5, 5.41) is 7.51. The molecule has 0 aromatic carbocycles. The summed E-state index contributed by atoms with van der Waals surface area (Å²) in [5.41, 5.74) is 3.15. The minimum atomic E-state index is -0.327. The van der Waals surface area contributed by atoms with Crippen LogP contribution in [0.15, 0.2) is 57.6 Å². The van der Waals surface area contributed by atoms with E-state index in [0.717, 1.165) is 53.9 Å². The molecule has 5 rings (SSSR count). The molecule has 2 aliphatic carbocycles. The van der Waals surface area contributed by atoms with Crippen LogP contribution < -0.4 is 5.32 Å². The monoisotopic (exact) mass is 439 g/mol. The first-order valence-electron chi connectivity index (χ1n) is 10.6. The van der Waals surface area contributed by atoms with E-state index in [-0.39, 0.29) is 29.7 Å². The lowest BCUT2D eigenvalue weighted by Crippen LogP contribution is -2.36. The molecule has 1 saturated carbocycles. The van der Waals surface area contributed by atoms with Gasteiger partial charge in [0.05, 0.1) is 11.5 Å². The second-order valence-corrected chi connectivity index (χ2v) is 10.3. The number of ketones is 1. The van der Waals surface area contributed by atoms with Gasteiger partial charge < -0.3 is 10.1 Å². The van der Waals surface area contributed by atoms with Crippen LogP contribution in [0.1, 0.15) is 67.0 Å². The lowest BCUT2D eigenvalue weighted by molar-refractivity contribution is -0.144. The van der Waals surface area contributed by atoms with Gasteiger partial charge in [0.15, 0.2) is 5.78 Å². The van der Waals surface area contributed by atoms with Crippen molar-refractivity contribution in [3.05, 3.63) is 67.3 Å². The molecular formula is C24H25NO3S2. The predicted molar refractivity (Wildman–Crippen MR) is 120 cm³/mol. The number of carbonyl (C=O) groups is 2. The number of ether oxygens (including phenoxy) is 1. The van der Waals surface area contributed by atoms with Gasteiger partial charge in [-0.3, -0.25) is 4.79 Å². The number of thiophene rings is 2. The molecule has 0 radical (unpaired) electrons. The molecule has 2 aromatic rings. The molecule has 30 heavy (non-hydrogen) atoms. The molecule has 0 saturated heterocycles. The maximum Gasteiger partial charge on any atom is 0.337 e. The largest absolute Gasteiger partial charge is 0.459 e. The quantitative estimate of drug-likeness (QED) is 0.625. The van der Waals surface area contributed by atoms with Crippen molar-refractivity contribution < 1.29 is 14.3 Å². The number of allylic oxidation sites excluding steroid dienone is 3. The highest BCUT2D eigenvalue weighted by Gasteiger charge is 2.42. The van der Waals surface area contributed by atoms with Gasteiger partial charge >= 0.3 is 5.97 Å². The Balaban J connectivity index is 1.51. The zero-order chi connectivity index (χ0) is 20.7. The average Bonchev–Trinajstić information content (AvgIpc) is 3.49. The normalized spacial score (nSPS) is 24.8. The van der Waals surface area contributed by atoms with Gasteiger partial charge in [-0.2, -0.15) is 0 Å². The molecule has 2 aromatic heterocycles. The summed E-state index contributed by atoms with van der Waals surface area (Å²) in [5.74, 6) is -0.260. The summed E-state index contributed by atoms with van der Waals surface area (Å²) in [6.07, 6.45) is 5.39. The number of hydrogen-bond donors (Lipinski definition) is 1. The number of hydrogen-bond acceptors (Lipinski definition) is 6. The van der Waals surface area contributed by atoms with Crippen LogP contribution in [0.4, 0.5) is 0 Å². The molecule has 3 aliphatic rings. The fraction of sp³-hybridized carbons (Fsp3) is 0.417. The van der Waals surface area contributed by atoms with Gasteiger partial charge in [-0.1, -0.05) is 12.1 Å². The maximum absolute atomic E-state index is 13.4. The molecule has 2 atom stereocenters. The van der Waals surface area contributed by atoms with E-state index in [4.69, 9.17) is 4.74 Å². The van der Waals surface area contributed by atoms with E-state index in [0.29, 0.717) is 12.0 Å². The highest BCUT2D eigenvalue weighted by atomic mass is 32.1. The molecule has 3 heterocycles. The minimum absolute atomic E-state index is 0.00225. The Morgan fingerprint density at radius 3 is 2.43 bits per heavy atom. The minimum Gasteiger partial charge on any atom is -0.459 e. The van der Waals surface area contributed by atoms with E-state index in [1.54, 1.807) is 22.7 Å². The SMILES string of the molecule is CC1=C(C(=O)OC2CCCC2)[C@H](c2cccs2)C2=C(C[C@@H](c3cccs3)CC2=O)N1. The van der Waals surface area contributed by atoms with Crippen molar-refractivity contribution in [3.63, 3.8) is 0 Å². The van der Waals surface area contributed by atoms with Crippen LogP contribution in [-0.2, 0) is 14.3 Å². The first-order valence-corrected chi connectivity index (χ1v) is 12.4. The first-order chi connectivity index (χ1) is 14.6. The fourth-order valence-electron chi connectivity index (χ4n) is 5.00. The van der Waals surface area contributed by atoms with Crippen LogP contribution in [-0.4, -0.2) is 17.9 Å². The Bertz CT molecular complexity index is 1010. The van der Waals surface area contributed by atoms with Crippen molar-refractivity contribution in [2.75, 3.05) is 0 Å². The third kappa shape index (κ3) is 3.56. The Hall–Kier alpha value is -2.18. The topological polar surface area (TPSA) is 55.4 Å². The smallest absolute Gasteiger partial charge is 0.337 e. The number of dihydropyridines is 1. The van der Waals surface area contributed by atoms with Crippen molar-refractivity contribution in [3.8, 4) is 0 Å². The molecule has 0 unspecified atom stereocenters. The van der Waals surface area contributed by atoms with Gasteiger partial charge in [-0.15, -0.1) is 22.7 Å². The third-order valence-electron chi connectivity index (χ3n) is 6.40. The van der Waals surface area contributed by atoms with Crippen molar-refractivity contribution in [2.45, 2.75) is 63.4 Å². The van der Waals surface area contributed by atoms with Gasteiger partial charge in [0, 0.05) is 39.1 Å². The van der Waals surface area contributed by atoms with E-state index in [9.17, 15) is 9.59 Å². The van der Waals surface area contributed by atoms with E-state index >= 15 is 0 Å². The molecule has 1 N–H and O–H groups in total. The van der Waals surface area contributed by atoms with Gasteiger partial charge in [-0.05, 0) is 61.9 Å². The first kappa shape index (κ1) is 19.8. The molecule has 0 amide bonds. The number of esters is 1. The summed E-state index contributed by atoms with van der Waals surface area (Å²) in [4.78, 5) is 28.9. The molecule has 4 nitrogen and oxygen atoms in total. The summed E-state index contributed by atoms with van der Waals surface area (Å²) in [6, 6.07) is 8.17. The lowest BCUT2D eigenvalue weighted by atomic mass is 9.74. The molecular weight excluding hydrogens is 414 g/mol. The lowest BCUT2D eigenvalue weighted by Gasteiger charge is -2.36. The van der Waals surface area contributed by atoms with Crippen molar-refractivity contribution in [1.29, 1.82) is 0 Å². The van der Waals surface area contributed by atoms with Crippen LogP contribution in [0, 0.1) is 0 Å². The van der Waals surface area contributed by atoms with Crippen molar-refractivity contribution >= 4 is 34.4 Å². The second kappa shape index (κ2) is 8.16. The molecule has 156 valence electrons. The van der Waals surface area contributed by atoms with Gasteiger partial charge in [0.1, 0.15) is 6.10 Å².